The molecule has 0 saturated heterocycles. The third-order valence-electron chi connectivity index (χ3n) is 5.96. The Kier molecular flexibility index (Phi) is 7.75. The molecule has 3 rings (SSSR count). The summed E-state index contributed by atoms with van der Waals surface area (Å²) >= 11 is 0. The Balaban J connectivity index is 1.72. The van der Waals surface area contributed by atoms with Crippen LogP contribution in [0.3, 0.4) is 0 Å². The van der Waals surface area contributed by atoms with E-state index in [9.17, 15) is 19.8 Å². The SMILES string of the molecule is COc1ccc(C(=O)NC2(C(=O)O)CCCC(O)CC2)cc1OCCc1cccc(C)c1. The average Bonchev–Trinajstić information content (AvgIpc) is 2.96. The van der Waals surface area contributed by atoms with Crippen molar-refractivity contribution in [2.75, 3.05) is 13.7 Å². The molecule has 1 saturated carbocycles. The van der Waals surface area contributed by atoms with Crippen LogP contribution in [0.1, 0.15) is 53.6 Å². The minimum absolute atomic E-state index is 0.186. The van der Waals surface area contributed by atoms with E-state index in [1.54, 1.807) is 18.2 Å². The number of nitrogens with one attached hydrogen (secondary N) is 1. The quantitative estimate of drug-likeness (QED) is 0.542. The van der Waals surface area contributed by atoms with Crippen molar-refractivity contribution in [2.24, 2.45) is 0 Å². The fourth-order valence-corrected chi connectivity index (χ4v) is 4.08. The number of carboxylic acids is 1. The van der Waals surface area contributed by atoms with Crippen LogP contribution < -0.4 is 14.8 Å². The van der Waals surface area contributed by atoms with Gasteiger partial charge in [0.1, 0.15) is 5.54 Å². The van der Waals surface area contributed by atoms with Crippen LogP contribution in [0.25, 0.3) is 0 Å². The van der Waals surface area contributed by atoms with E-state index in [4.69, 9.17) is 9.47 Å². The first-order valence-electron chi connectivity index (χ1n) is 10.9. The van der Waals surface area contributed by atoms with E-state index in [0.717, 1.165) is 5.56 Å². The third-order valence-corrected chi connectivity index (χ3v) is 5.96. The van der Waals surface area contributed by atoms with Gasteiger partial charge in [0.15, 0.2) is 11.5 Å². The van der Waals surface area contributed by atoms with Gasteiger partial charge in [-0.2, -0.15) is 0 Å². The molecule has 2 aromatic carbocycles. The lowest BCUT2D eigenvalue weighted by molar-refractivity contribution is -0.145. The number of amides is 1. The predicted molar refractivity (Wildman–Crippen MR) is 120 cm³/mol. The first-order chi connectivity index (χ1) is 15.3. The summed E-state index contributed by atoms with van der Waals surface area (Å²) < 4.78 is 11.3. The normalized spacial score (nSPS) is 20.8. The molecule has 1 amide bonds. The summed E-state index contributed by atoms with van der Waals surface area (Å²) in [4.78, 5) is 25.0. The molecule has 172 valence electrons. The zero-order valence-electron chi connectivity index (χ0n) is 18.6. The van der Waals surface area contributed by atoms with Gasteiger partial charge in [0.2, 0.25) is 0 Å². The number of aliphatic hydroxyl groups is 1. The van der Waals surface area contributed by atoms with Crippen LogP contribution in [0.15, 0.2) is 42.5 Å². The van der Waals surface area contributed by atoms with E-state index in [1.807, 2.05) is 25.1 Å². The van der Waals surface area contributed by atoms with Crippen LogP contribution >= 0.6 is 0 Å². The number of ether oxygens (including phenoxy) is 2. The molecule has 7 heteroatoms. The highest BCUT2D eigenvalue weighted by Crippen LogP contribution is 2.31. The number of hydrogen-bond acceptors (Lipinski definition) is 5. The maximum atomic E-state index is 13.0. The highest BCUT2D eigenvalue weighted by atomic mass is 16.5. The minimum atomic E-state index is -1.39. The second kappa shape index (κ2) is 10.5. The first kappa shape index (κ1) is 23.6. The number of aryl methyl sites for hydroxylation is 1. The Labute approximate surface area is 188 Å². The Hall–Kier alpha value is -3.06. The molecule has 2 unspecified atom stereocenters. The zero-order chi connectivity index (χ0) is 23.1. The number of aliphatic carboxylic acids is 1. The molecule has 1 aliphatic carbocycles. The Morgan fingerprint density at radius 2 is 1.94 bits per heavy atom. The summed E-state index contributed by atoms with van der Waals surface area (Å²) in [5.74, 6) is -0.650. The number of carboxylic acid groups (broad SMARTS) is 1. The molecule has 0 aromatic heterocycles. The zero-order valence-corrected chi connectivity index (χ0v) is 18.6. The summed E-state index contributed by atoms with van der Waals surface area (Å²) in [6.45, 7) is 2.44. The van der Waals surface area contributed by atoms with Crippen LogP contribution in [-0.4, -0.2) is 47.4 Å². The maximum absolute atomic E-state index is 13.0. The summed E-state index contributed by atoms with van der Waals surface area (Å²) in [5.41, 5.74) is 1.23. The molecular weight excluding hydrogens is 410 g/mol. The van der Waals surface area contributed by atoms with Crippen LogP contribution in [0.2, 0.25) is 0 Å². The summed E-state index contributed by atoms with van der Waals surface area (Å²) in [7, 11) is 1.53. The van der Waals surface area contributed by atoms with Crippen molar-refractivity contribution < 1.29 is 29.3 Å². The van der Waals surface area contributed by atoms with E-state index in [-0.39, 0.29) is 12.8 Å². The van der Waals surface area contributed by atoms with Crippen LogP contribution in [0.4, 0.5) is 0 Å². The molecule has 0 aliphatic heterocycles. The van der Waals surface area contributed by atoms with Gasteiger partial charge in [-0.15, -0.1) is 0 Å². The molecular formula is C25H31NO6. The molecule has 32 heavy (non-hydrogen) atoms. The van der Waals surface area contributed by atoms with Gasteiger partial charge in [-0.05, 0) is 62.8 Å². The summed E-state index contributed by atoms with van der Waals surface area (Å²) in [6, 6.07) is 13.0. The average molecular weight is 442 g/mol. The fraction of sp³-hybridized carbons (Fsp3) is 0.440. The molecule has 0 heterocycles. The van der Waals surface area contributed by atoms with Crippen molar-refractivity contribution in [1.82, 2.24) is 5.32 Å². The lowest BCUT2D eigenvalue weighted by Crippen LogP contribution is -2.54. The number of aliphatic hydroxyl groups excluding tert-OH is 1. The molecule has 0 radical (unpaired) electrons. The first-order valence-corrected chi connectivity index (χ1v) is 10.9. The van der Waals surface area contributed by atoms with Crippen molar-refractivity contribution in [3.8, 4) is 11.5 Å². The van der Waals surface area contributed by atoms with E-state index in [0.29, 0.717) is 49.4 Å². The van der Waals surface area contributed by atoms with Gasteiger partial charge in [-0.3, -0.25) is 4.79 Å². The number of hydrogen-bond donors (Lipinski definition) is 3. The van der Waals surface area contributed by atoms with Gasteiger partial charge >= 0.3 is 5.97 Å². The Morgan fingerprint density at radius 3 is 2.66 bits per heavy atom. The fourth-order valence-electron chi connectivity index (χ4n) is 4.08. The van der Waals surface area contributed by atoms with Crippen LogP contribution in [0, 0.1) is 6.92 Å². The van der Waals surface area contributed by atoms with Gasteiger partial charge in [-0.1, -0.05) is 29.8 Å². The number of carbonyl (C=O) groups excluding carboxylic acids is 1. The highest BCUT2D eigenvalue weighted by molar-refractivity contribution is 5.98. The number of rotatable bonds is 8. The van der Waals surface area contributed by atoms with E-state index < -0.39 is 23.5 Å². The van der Waals surface area contributed by atoms with E-state index in [1.165, 1.54) is 12.7 Å². The van der Waals surface area contributed by atoms with Crippen molar-refractivity contribution >= 4 is 11.9 Å². The van der Waals surface area contributed by atoms with Gasteiger partial charge in [0.25, 0.3) is 5.91 Å². The second-order valence-corrected chi connectivity index (χ2v) is 8.38. The Bertz CT molecular complexity index is 959. The Morgan fingerprint density at radius 1 is 1.12 bits per heavy atom. The van der Waals surface area contributed by atoms with Gasteiger partial charge in [0, 0.05) is 12.0 Å². The summed E-state index contributed by atoms with van der Waals surface area (Å²) in [5, 5.41) is 22.4. The lowest BCUT2D eigenvalue weighted by Gasteiger charge is -2.29. The number of carbonyl (C=O) groups is 2. The second-order valence-electron chi connectivity index (χ2n) is 8.38. The minimum Gasteiger partial charge on any atom is -0.493 e. The van der Waals surface area contributed by atoms with Gasteiger partial charge in [0.05, 0.1) is 19.8 Å². The molecule has 2 aromatic rings. The topological polar surface area (TPSA) is 105 Å². The molecule has 7 nitrogen and oxygen atoms in total. The van der Waals surface area contributed by atoms with Crippen LogP contribution in [-0.2, 0) is 11.2 Å². The smallest absolute Gasteiger partial charge is 0.329 e. The maximum Gasteiger partial charge on any atom is 0.329 e. The summed E-state index contributed by atoms with van der Waals surface area (Å²) in [6.07, 6.45) is 2.03. The third kappa shape index (κ3) is 5.79. The molecule has 3 N–H and O–H groups in total. The molecule has 0 spiro atoms. The van der Waals surface area contributed by atoms with Crippen LogP contribution in [0.5, 0.6) is 11.5 Å². The molecule has 2 atom stereocenters. The monoisotopic (exact) mass is 441 g/mol. The molecule has 1 aliphatic rings. The number of methoxy groups -OCH3 is 1. The molecule has 1 fully saturated rings. The van der Waals surface area contributed by atoms with Crippen molar-refractivity contribution in [3.05, 3.63) is 59.2 Å². The van der Waals surface area contributed by atoms with Gasteiger partial charge < -0.3 is 25.0 Å². The highest BCUT2D eigenvalue weighted by Gasteiger charge is 2.41. The predicted octanol–water partition coefficient (Wildman–Crippen LogP) is 3.50. The van der Waals surface area contributed by atoms with Crippen molar-refractivity contribution in [1.29, 1.82) is 0 Å². The van der Waals surface area contributed by atoms with Crippen molar-refractivity contribution in [2.45, 2.75) is 57.1 Å². The van der Waals surface area contributed by atoms with E-state index >= 15 is 0 Å². The number of benzene rings is 2. The lowest BCUT2D eigenvalue weighted by atomic mass is 9.89. The largest absolute Gasteiger partial charge is 0.493 e. The standard InChI is InChI=1S/C25H31NO6/c1-17-5-3-6-18(15-17)11-14-32-22-16-19(8-9-21(22)31-2)23(28)26-25(24(29)30)12-4-7-20(27)10-13-25/h3,5-6,8-9,15-16,20,27H,4,7,10-14H2,1-2H3,(H,26,28)(H,29,30). The molecule has 0 bridgehead atoms. The van der Waals surface area contributed by atoms with E-state index in [2.05, 4.69) is 11.4 Å². The van der Waals surface area contributed by atoms with Crippen molar-refractivity contribution in [3.63, 3.8) is 0 Å². The van der Waals surface area contributed by atoms with Gasteiger partial charge in [-0.25, -0.2) is 4.79 Å².